The first-order chi connectivity index (χ1) is 4.47. The summed E-state index contributed by atoms with van der Waals surface area (Å²) in [5, 5.41) is 0. The Hall–Kier alpha value is -0.0800. The average Bonchev–Trinajstić information content (AvgIpc) is 2.33. The van der Waals surface area contributed by atoms with Gasteiger partial charge in [-0.15, -0.1) is 0 Å². The normalized spacial score (nSPS) is 42.7. The minimum atomic E-state index is 0.443. The minimum absolute atomic E-state index is 0.443. The summed E-state index contributed by atoms with van der Waals surface area (Å²) in [5.74, 6) is 0.721. The molecule has 2 atom stereocenters. The van der Waals surface area contributed by atoms with Gasteiger partial charge in [-0.05, 0) is 12.8 Å². The zero-order valence-electron chi connectivity index (χ0n) is 5.51. The van der Waals surface area contributed by atoms with Crippen molar-refractivity contribution in [2.24, 2.45) is 5.92 Å². The van der Waals surface area contributed by atoms with Crippen molar-refractivity contribution < 1.29 is 9.47 Å². The van der Waals surface area contributed by atoms with Gasteiger partial charge in [0.1, 0.15) is 0 Å². The molecule has 0 aromatic carbocycles. The summed E-state index contributed by atoms with van der Waals surface area (Å²) in [5.41, 5.74) is 0. The van der Waals surface area contributed by atoms with Crippen LogP contribution in [0.4, 0.5) is 0 Å². The number of hydrogen-bond donors (Lipinski definition) is 0. The molecule has 0 spiro atoms. The van der Waals surface area contributed by atoms with Crippen LogP contribution in [-0.4, -0.2) is 25.9 Å². The summed E-state index contributed by atoms with van der Waals surface area (Å²) in [7, 11) is 0. The van der Waals surface area contributed by atoms with Crippen LogP contribution in [0.25, 0.3) is 0 Å². The quantitative estimate of drug-likeness (QED) is 0.480. The molecule has 2 saturated heterocycles. The van der Waals surface area contributed by atoms with Gasteiger partial charge in [-0.3, -0.25) is 0 Å². The van der Waals surface area contributed by atoms with E-state index in [1.807, 2.05) is 0 Å². The molecule has 0 radical (unpaired) electrons. The number of fused-ring (bicyclic) bond motifs is 1. The van der Waals surface area contributed by atoms with Crippen LogP contribution >= 0.6 is 0 Å². The summed E-state index contributed by atoms with van der Waals surface area (Å²) < 4.78 is 10.7. The van der Waals surface area contributed by atoms with Gasteiger partial charge in [0.2, 0.25) is 0 Å². The highest BCUT2D eigenvalue weighted by molar-refractivity contribution is 4.78. The van der Waals surface area contributed by atoms with Gasteiger partial charge in [0.15, 0.2) is 0 Å². The van der Waals surface area contributed by atoms with E-state index >= 15 is 0 Å². The lowest BCUT2D eigenvalue weighted by molar-refractivity contribution is -0.00483. The number of rotatable bonds is 0. The van der Waals surface area contributed by atoms with Gasteiger partial charge in [-0.25, -0.2) is 0 Å². The first kappa shape index (κ1) is 5.69. The SMILES string of the molecule is C1COC2COCC2C1. The van der Waals surface area contributed by atoms with Gasteiger partial charge in [0.05, 0.1) is 19.3 Å². The molecule has 52 valence electrons. The molecule has 2 fully saturated rings. The van der Waals surface area contributed by atoms with Crippen molar-refractivity contribution in [3.8, 4) is 0 Å². The molecule has 0 saturated carbocycles. The highest BCUT2D eigenvalue weighted by Gasteiger charge is 2.30. The van der Waals surface area contributed by atoms with Crippen molar-refractivity contribution in [2.45, 2.75) is 18.9 Å². The van der Waals surface area contributed by atoms with E-state index in [1.54, 1.807) is 0 Å². The molecular weight excluding hydrogens is 116 g/mol. The second kappa shape index (κ2) is 2.27. The molecule has 0 aliphatic carbocycles. The molecule has 2 heterocycles. The largest absolute Gasteiger partial charge is 0.378 e. The zero-order chi connectivity index (χ0) is 6.10. The van der Waals surface area contributed by atoms with Crippen LogP contribution in [0.15, 0.2) is 0 Å². The van der Waals surface area contributed by atoms with Gasteiger partial charge in [-0.2, -0.15) is 0 Å². The third-order valence-electron chi connectivity index (χ3n) is 2.19. The molecule has 0 bridgehead atoms. The van der Waals surface area contributed by atoms with Crippen molar-refractivity contribution in [3.63, 3.8) is 0 Å². The van der Waals surface area contributed by atoms with Crippen LogP contribution in [0, 0.1) is 5.92 Å². The predicted molar refractivity (Wildman–Crippen MR) is 33.3 cm³/mol. The Balaban J connectivity index is 1.97. The standard InChI is InChI=1S/C7H12O2/c1-2-6-4-8-5-7(6)9-3-1/h6-7H,1-5H2. The first-order valence-electron chi connectivity index (χ1n) is 3.66. The second-order valence-corrected chi connectivity index (χ2v) is 2.85. The summed E-state index contributed by atoms with van der Waals surface area (Å²) in [4.78, 5) is 0. The molecule has 2 aliphatic heterocycles. The Kier molecular flexibility index (Phi) is 1.44. The Bertz CT molecular complexity index is 91.1. The molecule has 2 rings (SSSR count). The fourth-order valence-electron chi connectivity index (χ4n) is 1.61. The summed E-state index contributed by atoms with van der Waals surface area (Å²) in [6.07, 6.45) is 2.98. The molecule has 0 aromatic heterocycles. The molecule has 0 aromatic rings. The molecular formula is C7H12O2. The second-order valence-electron chi connectivity index (χ2n) is 2.85. The fraction of sp³-hybridized carbons (Fsp3) is 1.00. The van der Waals surface area contributed by atoms with E-state index in [4.69, 9.17) is 9.47 Å². The first-order valence-corrected chi connectivity index (χ1v) is 3.66. The molecule has 0 amide bonds. The highest BCUT2D eigenvalue weighted by Crippen LogP contribution is 2.25. The average molecular weight is 128 g/mol. The molecule has 9 heavy (non-hydrogen) atoms. The van der Waals surface area contributed by atoms with E-state index in [9.17, 15) is 0 Å². The molecule has 2 aliphatic rings. The van der Waals surface area contributed by atoms with Gasteiger partial charge in [-0.1, -0.05) is 0 Å². The zero-order valence-corrected chi connectivity index (χ0v) is 5.51. The van der Waals surface area contributed by atoms with Crippen LogP contribution in [0.2, 0.25) is 0 Å². The maximum Gasteiger partial charge on any atom is 0.0858 e. The predicted octanol–water partition coefficient (Wildman–Crippen LogP) is 0.812. The van der Waals surface area contributed by atoms with E-state index in [2.05, 4.69) is 0 Å². The highest BCUT2D eigenvalue weighted by atomic mass is 16.5. The Morgan fingerprint density at radius 2 is 2.22 bits per heavy atom. The van der Waals surface area contributed by atoms with Gasteiger partial charge in [0.25, 0.3) is 0 Å². The lowest BCUT2D eigenvalue weighted by atomic mass is 9.98. The van der Waals surface area contributed by atoms with Crippen LogP contribution < -0.4 is 0 Å². The minimum Gasteiger partial charge on any atom is -0.378 e. The van der Waals surface area contributed by atoms with E-state index in [0.717, 1.165) is 25.7 Å². The molecule has 2 unspecified atom stereocenters. The van der Waals surface area contributed by atoms with Gasteiger partial charge in [0, 0.05) is 12.5 Å². The van der Waals surface area contributed by atoms with Gasteiger partial charge < -0.3 is 9.47 Å². The van der Waals surface area contributed by atoms with E-state index in [0.29, 0.717) is 6.10 Å². The fourth-order valence-corrected chi connectivity index (χ4v) is 1.61. The van der Waals surface area contributed by atoms with E-state index in [1.165, 1.54) is 12.8 Å². The summed E-state index contributed by atoms with van der Waals surface area (Å²) >= 11 is 0. The van der Waals surface area contributed by atoms with Crippen molar-refractivity contribution in [1.29, 1.82) is 0 Å². The van der Waals surface area contributed by atoms with Crippen molar-refractivity contribution in [1.82, 2.24) is 0 Å². The van der Waals surface area contributed by atoms with Crippen LogP contribution in [-0.2, 0) is 9.47 Å². The Morgan fingerprint density at radius 3 is 3.11 bits per heavy atom. The summed E-state index contributed by atoms with van der Waals surface area (Å²) in [6.45, 7) is 2.72. The van der Waals surface area contributed by atoms with E-state index < -0.39 is 0 Å². The lowest BCUT2D eigenvalue weighted by Crippen LogP contribution is -2.27. The van der Waals surface area contributed by atoms with Crippen LogP contribution in [0.5, 0.6) is 0 Å². The Morgan fingerprint density at radius 1 is 1.22 bits per heavy atom. The van der Waals surface area contributed by atoms with Gasteiger partial charge >= 0.3 is 0 Å². The lowest BCUT2D eigenvalue weighted by Gasteiger charge is -2.23. The number of ether oxygens (including phenoxy) is 2. The molecule has 2 heteroatoms. The molecule has 0 N–H and O–H groups in total. The number of hydrogen-bond acceptors (Lipinski definition) is 2. The van der Waals surface area contributed by atoms with Crippen molar-refractivity contribution in [2.75, 3.05) is 19.8 Å². The summed E-state index contributed by atoms with van der Waals surface area (Å²) in [6, 6.07) is 0. The van der Waals surface area contributed by atoms with Crippen molar-refractivity contribution in [3.05, 3.63) is 0 Å². The maximum atomic E-state index is 5.48. The smallest absolute Gasteiger partial charge is 0.0858 e. The Labute approximate surface area is 55.1 Å². The molecule has 2 nitrogen and oxygen atoms in total. The van der Waals surface area contributed by atoms with Crippen LogP contribution in [0.3, 0.4) is 0 Å². The maximum absolute atomic E-state index is 5.48. The third-order valence-corrected chi connectivity index (χ3v) is 2.19. The van der Waals surface area contributed by atoms with E-state index in [-0.39, 0.29) is 0 Å². The van der Waals surface area contributed by atoms with Crippen molar-refractivity contribution >= 4 is 0 Å². The van der Waals surface area contributed by atoms with Crippen LogP contribution in [0.1, 0.15) is 12.8 Å². The monoisotopic (exact) mass is 128 g/mol. The third kappa shape index (κ3) is 0.970. The topological polar surface area (TPSA) is 18.5 Å².